The molecular formula is C32H55BrN6O3. The smallest absolute Gasteiger partial charge is 0.241 e. The first kappa shape index (κ1) is 32.5. The van der Waals surface area contributed by atoms with Crippen LogP contribution in [0.15, 0.2) is 12.7 Å². The molecule has 10 heteroatoms. The fourth-order valence-corrected chi connectivity index (χ4v) is 9.67. The topological polar surface area (TPSA) is 109 Å². The summed E-state index contributed by atoms with van der Waals surface area (Å²) in [6.45, 7) is 11.6. The molecule has 6 aliphatic rings. The quantitative estimate of drug-likeness (QED) is 0.211. The van der Waals surface area contributed by atoms with Crippen molar-refractivity contribution in [2.75, 3.05) is 19.8 Å². The predicted octanol–water partition coefficient (Wildman–Crippen LogP) is 2.68. The van der Waals surface area contributed by atoms with Crippen LogP contribution in [0.1, 0.15) is 85.0 Å². The number of halogens is 1. The molecule has 0 bridgehead atoms. The van der Waals surface area contributed by atoms with Crippen molar-refractivity contribution >= 4 is 27.6 Å². The van der Waals surface area contributed by atoms with E-state index in [0.29, 0.717) is 22.8 Å². The van der Waals surface area contributed by atoms with E-state index in [2.05, 4.69) is 67.6 Å². The van der Waals surface area contributed by atoms with Crippen molar-refractivity contribution in [3.63, 3.8) is 0 Å². The van der Waals surface area contributed by atoms with Crippen molar-refractivity contribution in [2.24, 2.45) is 17.8 Å². The van der Waals surface area contributed by atoms with Gasteiger partial charge in [0.1, 0.15) is 6.04 Å². The third-order valence-corrected chi connectivity index (χ3v) is 12.2. The van der Waals surface area contributed by atoms with E-state index in [9.17, 15) is 14.7 Å². The number of aliphatic hydroxyl groups excluding tert-OH is 1. The molecule has 2 saturated carbocycles. The molecule has 0 spiro atoms. The Morgan fingerprint density at radius 1 is 1.02 bits per heavy atom. The van der Waals surface area contributed by atoms with E-state index in [1.165, 1.54) is 38.7 Å². The van der Waals surface area contributed by atoms with E-state index < -0.39 is 0 Å². The molecule has 0 aromatic heterocycles. The van der Waals surface area contributed by atoms with Crippen LogP contribution in [0.2, 0.25) is 0 Å². The van der Waals surface area contributed by atoms with Crippen LogP contribution in [-0.4, -0.2) is 99.7 Å². The number of rotatable bonds is 7. The van der Waals surface area contributed by atoms with E-state index >= 15 is 0 Å². The lowest BCUT2D eigenvalue weighted by molar-refractivity contribution is -0.142. The number of carbonyl (C=O) groups excluding carboxylic acids is 2. The second-order valence-electron chi connectivity index (χ2n) is 13.6. The second kappa shape index (κ2) is 14.5. The van der Waals surface area contributed by atoms with Crippen molar-refractivity contribution in [1.82, 2.24) is 31.3 Å². The molecule has 4 heterocycles. The number of alkyl halides is 1. The van der Waals surface area contributed by atoms with Gasteiger partial charge in [-0.3, -0.25) is 25.6 Å². The maximum atomic E-state index is 14.1. The normalized spacial score (nSPS) is 42.1. The van der Waals surface area contributed by atoms with Gasteiger partial charge in [0.15, 0.2) is 5.78 Å². The Bertz CT molecular complexity index is 951. The van der Waals surface area contributed by atoms with Crippen molar-refractivity contribution in [2.45, 2.75) is 138 Å². The maximum Gasteiger partial charge on any atom is 0.241 e. The number of piperidine rings is 2. The van der Waals surface area contributed by atoms with Gasteiger partial charge in [0.05, 0.1) is 12.1 Å². The number of carbonyl (C=O) groups is 2. The lowest BCUT2D eigenvalue weighted by Gasteiger charge is -2.49. The van der Waals surface area contributed by atoms with Crippen LogP contribution in [0.25, 0.3) is 0 Å². The number of hydrogen-bond acceptors (Lipinski definition) is 8. The Morgan fingerprint density at radius 3 is 2.38 bits per heavy atom. The highest BCUT2D eigenvalue weighted by Crippen LogP contribution is 2.45. The highest BCUT2D eigenvalue weighted by molar-refractivity contribution is 9.09. The van der Waals surface area contributed by atoms with E-state index in [1.807, 2.05) is 0 Å². The van der Waals surface area contributed by atoms with Gasteiger partial charge in [0.25, 0.3) is 0 Å². The first-order valence-electron chi connectivity index (χ1n) is 16.8. The molecule has 6 fully saturated rings. The van der Waals surface area contributed by atoms with Crippen molar-refractivity contribution in [1.29, 1.82) is 0 Å². The second-order valence-corrected chi connectivity index (χ2v) is 14.8. The van der Waals surface area contributed by atoms with E-state index in [-0.39, 0.29) is 48.0 Å². The number of ketones is 1. The zero-order valence-electron chi connectivity index (χ0n) is 25.9. The lowest BCUT2D eigenvalue weighted by atomic mass is 9.68. The molecule has 0 aromatic carbocycles. The summed E-state index contributed by atoms with van der Waals surface area (Å²) in [6, 6.07) is 1.43. The van der Waals surface area contributed by atoms with Gasteiger partial charge in [-0.2, -0.15) is 0 Å². The molecule has 11 unspecified atom stereocenters. The number of amides is 1. The van der Waals surface area contributed by atoms with Gasteiger partial charge in [0.2, 0.25) is 5.91 Å². The largest absolute Gasteiger partial charge is 0.391 e. The number of hydrazine groups is 1. The third kappa shape index (κ3) is 6.56. The Morgan fingerprint density at radius 2 is 1.76 bits per heavy atom. The fraction of sp³-hybridized carbons (Fsp3) is 0.875. The summed E-state index contributed by atoms with van der Waals surface area (Å²) in [5.41, 5.74) is 3.94. The summed E-state index contributed by atoms with van der Waals surface area (Å²) < 4.78 is 0. The lowest BCUT2D eigenvalue weighted by Crippen LogP contribution is -2.68. The average Bonchev–Trinajstić information content (AvgIpc) is 3.58. The number of fused-ring (bicyclic) bond motifs is 2. The van der Waals surface area contributed by atoms with Crippen molar-refractivity contribution in [3.05, 3.63) is 12.7 Å². The van der Waals surface area contributed by atoms with E-state index in [4.69, 9.17) is 0 Å². The molecule has 4 aliphatic heterocycles. The molecular weight excluding hydrogens is 596 g/mol. The predicted molar refractivity (Wildman–Crippen MR) is 170 cm³/mol. The van der Waals surface area contributed by atoms with Crippen molar-refractivity contribution < 1.29 is 14.7 Å². The van der Waals surface area contributed by atoms with Gasteiger partial charge in [-0.05, 0) is 63.4 Å². The van der Waals surface area contributed by atoms with Crippen LogP contribution in [0.4, 0.5) is 0 Å². The van der Waals surface area contributed by atoms with E-state index in [0.717, 1.165) is 70.1 Å². The molecule has 1 amide bonds. The zero-order chi connectivity index (χ0) is 30.0. The summed E-state index contributed by atoms with van der Waals surface area (Å²) >= 11 is 3.80. The average molecular weight is 652 g/mol. The standard InChI is InChI=1S/C28H49BrN6O2.C4H6O/c1-3-6-19-24-20(4-2)34(28(37)27-26-25(31-15-32-26)18(29)14-30-27)12-11-22(24)35(33-19)21-10-9-17(13-23(21)36)16-7-5-8-16;1-3-4(2)5/h16-27,30-33,36H,3-15H2,1-2H3;3H,1H2,2H3. The highest BCUT2D eigenvalue weighted by atomic mass is 79.9. The van der Waals surface area contributed by atoms with Crippen LogP contribution in [-0.2, 0) is 9.59 Å². The van der Waals surface area contributed by atoms with Gasteiger partial charge >= 0.3 is 0 Å². The number of likely N-dealkylation sites (tertiary alicyclic amines) is 1. The minimum atomic E-state index is -0.242. The minimum absolute atomic E-state index is 0.0185. The minimum Gasteiger partial charge on any atom is -0.391 e. The van der Waals surface area contributed by atoms with Gasteiger partial charge in [-0.1, -0.05) is 62.0 Å². The first-order chi connectivity index (χ1) is 20.3. The first-order valence-corrected chi connectivity index (χ1v) is 17.7. The SMILES string of the molecule is C=CC(C)=O.CCCC1NN(C2CCC(C3CCC3)CC2O)C2CCN(C(=O)C3NCC(Br)C4NCNC34)C(CC)C12. The summed E-state index contributed by atoms with van der Waals surface area (Å²) in [4.78, 5) is 26.4. The molecule has 42 heavy (non-hydrogen) atoms. The summed E-state index contributed by atoms with van der Waals surface area (Å²) in [7, 11) is 0. The van der Waals surface area contributed by atoms with Crippen LogP contribution in [0.5, 0.6) is 0 Å². The number of nitrogens with zero attached hydrogens (tertiary/aromatic N) is 2. The molecule has 11 atom stereocenters. The van der Waals surface area contributed by atoms with Gasteiger partial charge in [-0.15, -0.1) is 0 Å². The summed E-state index contributed by atoms with van der Waals surface area (Å²) in [5, 5.41) is 24.5. The number of nitrogens with one attached hydrogen (secondary N) is 4. The molecule has 2 aliphatic carbocycles. The van der Waals surface area contributed by atoms with E-state index in [1.54, 1.807) is 0 Å². The summed E-state index contributed by atoms with van der Waals surface area (Å²) in [5.74, 6) is 2.28. The molecule has 0 radical (unpaired) electrons. The summed E-state index contributed by atoms with van der Waals surface area (Å²) in [6.07, 6.45) is 12.7. The fourth-order valence-electron chi connectivity index (χ4n) is 8.97. The highest BCUT2D eigenvalue weighted by Gasteiger charge is 2.55. The van der Waals surface area contributed by atoms with Gasteiger partial charge in [0, 0.05) is 60.7 Å². The van der Waals surface area contributed by atoms with Gasteiger partial charge < -0.3 is 15.3 Å². The van der Waals surface area contributed by atoms with Crippen LogP contribution >= 0.6 is 15.9 Å². The van der Waals surface area contributed by atoms with Crippen LogP contribution in [0, 0.1) is 17.8 Å². The zero-order valence-corrected chi connectivity index (χ0v) is 27.5. The molecule has 4 saturated heterocycles. The molecule has 9 nitrogen and oxygen atoms in total. The Kier molecular flexibility index (Phi) is 11.2. The van der Waals surface area contributed by atoms with Crippen LogP contribution < -0.4 is 21.4 Å². The van der Waals surface area contributed by atoms with Crippen molar-refractivity contribution in [3.8, 4) is 0 Å². The Labute approximate surface area is 261 Å². The molecule has 238 valence electrons. The number of aliphatic hydroxyl groups is 1. The molecule has 0 aromatic rings. The van der Waals surface area contributed by atoms with Gasteiger partial charge in [-0.25, -0.2) is 5.01 Å². The monoisotopic (exact) mass is 650 g/mol. The Hall–Kier alpha value is -0.880. The maximum absolute atomic E-state index is 14.1. The molecule has 6 rings (SSSR count). The number of hydrogen-bond donors (Lipinski definition) is 5. The van der Waals surface area contributed by atoms with Crippen LogP contribution in [0.3, 0.4) is 0 Å². The third-order valence-electron chi connectivity index (χ3n) is 11.3. The number of allylic oxidation sites excluding steroid dienone is 1. The Balaban J connectivity index is 0.000000652. The molecule has 5 N–H and O–H groups in total.